The van der Waals surface area contributed by atoms with Crippen LogP contribution in [0.2, 0.25) is 0 Å². The van der Waals surface area contributed by atoms with E-state index in [2.05, 4.69) is 40.5 Å². The molecule has 0 bridgehead atoms. The van der Waals surface area contributed by atoms with E-state index in [0.29, 0.717) is 13.2 Å². The molecule has 0 unspecified atom stereocenters. The molecule has 1 aromatic heterocycles. The molecule has 25 heavy (non-hydrogen) atoms. The number of hydrogen-bond donors (Lipinski definition) is 1. The second-order valence-corrected chi connectivity index (χ2v) is 6.39. The molecule has 2 heterocycles. The van der Waals surface area contributed by atoms with Crippen LogP contribution in [0.5, 0.6) is 5.75 Å². The summed E-state index contributed by atoms with van der Waals surface area (Å²) in [6.45, 7) is 8.64. The summed E-state index contributed by atoms with van der Waals surface area (Å²) < 4.78 is 5.51. The second-order valence-electron chi connectivity index (χ2n) is 6.39. The van der Waals surface area contributed by atoms with E-state index in [4.69, 9.17) is 4.74 Å². The van der Waals surface area contributed by atoms with Gasteiger partial charge in [0.05, 0.1) is 11.3 Å². The number of ether oxygens (including phenoxy) is 1. The molecule has 0 spiro atoms. The summed E-state index contributed by atoms with van der Waals surface area (Å²) in [5.74, 6) is 1.66. The normalized spacial score (nSPS) is 14.1. The van der Waals surface area contributed by atoms with Gasteiger partial charge in [0.1, 0.15) is 18.2 Å². The van der Waals surface area contributed by atoms with Gasteiger partial charge in [-0.25, -0.2) is 4.98 Å². The van der Waals surface area contributed by atoms with Gasteiger partial charge in [0.15, 0.2) is 0 Å². The highest BCUT2D eigenvalue weighted by Crippen LogP contribution is 2.18. The lowest BCUT2D eigenvalue weighted by molar-refractivity contribution is 0.241. The molecule has 0 atom stereocenters. The Bertz CT molecular complexity index is 781. The molecular formula is C20H25N3O2. The van der Waals surface area contributed by atoms with Crippen LogP contribution >= 0.6 is 0 Å². The van der Waals surface area contributed by atoms with Crippen molar-refractivity contribution in [2.45, 2.75) is 39.3 Å². The summed E-state index contributed by atoms with van der Waals surface area (Å²) in [5.41, 5.74) is 3.02. The third kappa shape index (κ3) is 4.37. The Hall–Kier alpha value is -2.40. The highest BCUT2D eigenvalue weighted by molar-refractivity contribution is 5.28. The molecule has 132 valence electrons. The topological polar surface area (TPSA) is 58.2 Å². The van der Waals surface area contributed by atoms with Crippen molar-refractivity contribution in [3.8, 4) is 5.75 Å². The van der Waals surface area contributed by atoms with Crippen LogP contribution in [0.25, 0.3) is 0 Å². The first kappa shape index (κ1) is 17.4. The number of aryl methyl sites for hydroxylation is 1. The minimum Gasteiger partial charge on any atom is -0.490 e. The fraction of sp³-hybridized carbons (Fsp3) is 0.400. The molecule has 0 saturated carbocycles. The Morgan fingerprint density at radius 3 is 2.88 bits per heavy atom. The smallest absolute Gasteiger partial charge is 0.255 e. The van der Waals surface area contributed by atoms with Crippen LogP contribution in [0.1, 0.15) is 36.0 Å². The fourth-order valence-corrected chi connectivity index (χ4v) is 3.13. The zero-order valence-corrected chi connectivity index (χ0v) is 14.8. The van der Waals surface area contributed by atoms with Crippen molar-refractivity contribution >= 4 is 0 Å². The van der Waals surface area contributed by atoms with Gasteiger partial charge in [-0.3, -0.25) is 9.69 Å². The molecule has 0 saturated heterocycles. The van der Waals surface area contributed by atoms with Crippen molar-refractivity contribution in [1.29, 1.82) is 0 Å². The molecule has 1 N–H and O–H groups in total. The summed E-state index contributed by atoms with van der Waals surface area (Å²) in [6, 6.07) is 8.09. The Balaban J connectivity index is 1.66. The number of benzene rings is 1. The summed E-state index contributed by atoms with van der Waals surface area (Å²) in [7, 11) is 0. The van der Waals surface area contributed by atoms with E-state index in [9.17, 15) is 4.79 Å². The van der Waals surface area contributed by atoms with E-state index >= 15 is 0 Å². The van der Waals surface area contributed by atoms with Gasteiger partial charge in [-0.1, -0.05) is 31.7 Å². The Morgan fingerprint density at radius 2 is 2.16 bits per heavy atom. The zero-order valence-electron chi connectivity index (χ0n) is 14.8. The summed E-state index contributed by atoms with van der Waals surface area (Å²) >= 11 is 0. The van der Waals surface area contributed by atoms with Crippen LogP contribution in [0.15, 0.2) is 41.7 Å². The number of nitrogens with zero attached hydrogens (tertiary/aromatic N) is 2. The highest BCUT2D eigenvalue weighted by atomic mass is 16.5. The fourth-order valence-electron chi connectivity index (χ4n) is 3.13. The Labute approximate surface area is 148 Å². The van der Waals surface area contributed by atoms with Crippen molar-refractivity contribution in [2.24, 2.45) is 0 Å². The molecule has 2 aromatic rings. The number of rotatable bonds is 7. The molecule has 0 radical (unpaired) electrons. The van der Waals surface area contributed by atoms with E-state index in [-0.39, 0.29) is 5.56 Å². The largest absolute Gasteiger partial charge is 0.490 e. The van der Waals surface area contributed by atoms with Crippen LogP contribution in [0, 0.1) is 0 Å². The van der Waals surface area contributed by atoms with E-state index < -0.39 is 0 Å². The Kier molecular flexibility index (Phi) is 5.66. The van der Waals surface area contributed by atoms with Gasteiger partial charge in [-0.15, -0.1) is 0 Å². The van der Waals surface area contributed by atoms with Gasteiger partial charge in [-0.2, -0.15) is 0 Å². The van der Waals surface area contributed by atoms with Crippen molar-refractivity contribution in [3.05, 3.63) is 69.9 Å². The predicted molar refractivity (Wildman–Crippen MR) is 98.8 cm³/mol. The summed E-state index contributed by atoms with van der Waals surface area (Å²) in [5, 5.41) is 0. The zero-order chi connectivity index (χ0) is 17.6. The second kappa shape index (κ2) is 8.12. The maximum atomic E-state index is 12.4. The lowest BCUT2D eigenvalue weighted by atomic mass is 10.1. The molecule has 5 heteroatoms. The number of nitrogens with one attached hydrogen (secondary N) is 1. The van der Waals surface area contributed by atoms with Gasteiger partial charge < -0.3 is 9.72 Å². The van der Waals surface area contributed by atoms with E-state index in [1.165, 1.54) is 5.56 Å². The molecule has 1 aliphatic rings. The quantitative estimate of drug-likeness (QED) is 0.788. The van der Waals surface area contributed by atoms with Gasteiger partial charge in [-0.05, 0) is 24.1 Å². The SMILES string of the molecule is C=CCOc1ccc(CN2CCc3nc(CCC)[nH]c(=O)c3C2)cc1. The monoisotopic (exact) mass is 339 g/mol. The van der Waals surface area contributed by atoms with Crippen LogP contribution in [0.3, 0.4) is 0 Å². The van der Waals surface area contributed by atoms with Crippen LogP contribution in [0.4, 0.5) is 0 Å². The molecule has 5 nitrogen and oxygen atoms in total. The van der Waals surface area contributed by atoms with Crippen molar-refractivity contribution in [1.82, 2.24) is 14.9 Å². The maximum absolute atomic E-state index is 12.4. The van der Waals surface area contributed by atoms with Gasteiger partial charge in [0.2, 0.25) is 0 Å². The summed E-state index contributed by atoms with van der Waals surface area (Å²) in [6.07, 6.45) is 4.37. The third-order valence-electron chi connectivity index (χ3n) is 4.38. The van der Waals surface area contributed by atoms with E-state index in [0.717, 1.165) is 55.2 Å². The number of aromatic nitrogens is 2. The van der Waals surface area contributed by atoms with Gasteiger partial charge in [0.25, 0.3) is 5.56 Å². The average molecular weight is 339 g/mol. The summed E-state index contributed by atoms with van der Waals surface area (Å²) in [4.78, 5) is 22.2. The van der Waals surface area contributed by atoms with E-state index in [1.54, 1.807) is 6.08 Å². The average Bonchev–Trinajstić information content (AvgIpc) is 2.62. The van der Waals surface area contributed by atoms with Crippen molar-refractivity contribution in [2.75, 3.05) is 13.2 Å². The number of aromatic amines is 1. The minimum atomic E-state index is 0.0197. The third-order valence-corrected chi connectivity index (χ3v) is 4.38. The molecule has 1 aliphatic heterocycles. The highest BCUT2D eigenvalue weighted by Gasteiger charge is 2.21. The lowest BCUT2D eigenvalue weighted by Crippen LogP contribution is -2.35. The Morgan fingerprint density at radius 1 is 1.36 bits per heavy atom. The predicted octanol–water partition coefficient (Wildman–Crippen LogP) is 2.85. The first-order valence-corrected chi connectivity index (χ1v) is 8.85. The molecule has 1 aromatic carbocycles. The molecule has 0 aliphatic carbocycles. The van der Waals surface area contributed by atoms with Crippen molar-refractivity contribution < 1.29 is 4.74 Å². The molecule has 3 rings (SSSR count). The maximum Gasteiger partial charge on any atom is 0.255 e. The van der Waals surface area contributed by atoms with Crippen LogP contribution in [-0.2, 0) is 25.9 Å². The van der Waals surface area contributed by atoms with Gasteiger partial charge in [0, 0.05) is 32.5 Å². The van der Waals surface area contributed by atoms with Crippen LogP contribution in [-0.4, -0.2) is 28.0 Å². The minimum absolute atomic E-state index is 0.0197. The number of fused-ring (bicyclic) bond motifs is 1. The number of H-pyrrole nitrogens is 1. The van der Waals surface area contributed by atoms with Crippen LogP contribution < -0.4 is 10.3 Å². The van der Waals surface area contributed by atoms with Crippen molar-refractivity contribution in [3.63, 3.8) is 0 Å². The first-order chi connectivity index (χ1) is 12.2. The van der Waals surface area contributed by atoms with E-state index in [1.807, 2.05) is 12.1 Å². The molecule has 0 amide bonds. The lowest BCUT2D eigenvalue weighted by Gasteiger charge is -2.27. The standard InChI is InChI=1S/C20H25N3O2/c1-3-5-19-21-18-10-11-23(14-17(18)20(24)22-19)13-15-6-8-16(9-7-15)25-12-4-2/h4,6-9H,2-3,5,10-14H2,1H3,(H,21,22,24). The van der Waals surface area contributed by atoms with Gasteiger partial charge >= 0.3 is 0 Å². The first-order valence-electron chi connectivity index (χ1n) is 8.85. The molecule has 0 fully saturated rings. The number of hydrogen-bond acceptors (Lipinski definition) is 4. The molecular weight excluding hydrogens is 314 g/mol.